The van der Waals surface area contributed by atoms with Crippen LogP contribution in [0.1, 0.15) is 34.8 Å². The van der Waals surface area contributed by atoms with Gasteiger partial charge in [-0.25, -0.2) is 14.3 Å². The predicted octanol–water partition coefficient (Wildman–Crippen LogP) is 1.83. The van der Waals surface area contributed by atoms with Crippen LogP contribution in [0.25, 0.3) is 5.69 Å². The molecule has 1 aromatic carbocycles. The summed E-state index contributed by atoms with van der Waals surface area (Å²) in [6, 6.07) is 4.89. The lowest BCUT2D eigenvalue weighted by atomic mass is 10.2. The number of anilines is 1. The molecule has 0 radical (unpaired) electrons. The number of nitrogens with two attached hydrogens (primary N) is 1. The molecule has 0 spiro atoms. The lowest BCUT2D eigenvalue weighted by molar-refractivity contribution is 0.0510. The van der Waals surface area contributed by atoms with Gasteiger partial charge in [0, 0.05) is 6.07 Å². The molecule has 0 saturated heterocycles. The molecule has 0 unspecified atom stereocenters. The Morgan fingerprint density at radius 2 is 1.65 bits per heavy atom. The number of esters is 2. The summed E-state index contributed by atoms with van der Waals surface area (Å²) in [5, 5.41) is 4.15. The highest BCUT2D eigenvalue weighted by Gasteiger charge is 2.28. The molecule has 0 saturated carbocycles. The summed E-state index contributed by atoms with van der Waals surface area (Å²) >= 11 is 0. The van der Waals surface area contributed by atoms with Gasteiger partial charge in [0.15, 0.2) is 22.9 Å². The first-order valence-corrected chi connectivity index (χ1v) is 7.93. The van der Waals surface area contributed by atoms with E-state index in [1.165, 1.54) is 18.9 Å². The van der Waals surface area contributed by atoms with Crippen LogP contribution in [0.4, 0.5) is 5.69 Å². The number of nitrogens with zero attached hydrogens (tertiary/aromatic N) is 2. The number of carbonyl (C=O) groups is 2. The van der Waals surface area contributed by atoms with Gasteiger partial charge in [0.05, 0.1) is 33.1 Å². The first-order valence-electron chi connectivity index (χ1n) is 7.93. The smallest absolute Gasteiger partial charge is 0.361 e. The number of carbonyl (C=O) groups excluding carboxylic acids is 2. The fourth-order valence-electron chi connectivity index (χ4n) is 2.32. The number of methoxy groups -OCH3 is 2. The molecule has 2 rings (SSSR count). The summed E-state index contributed by atoms with van der Waals surface area (Å²) in [5.74, 6) is -0.510. The van der Waals surface area contributed by atoms with Crippen molar-refractivity contribution >= 4 is 17.6 Å². The quantitative estimate of drug-likeness (QED) is 0.741. The van der Waals surface area contributed by atoms with Crippen LogP contribution in [-0.2, 0) is 9.47 Å². The van der Waals surface area contributed by atoms with E-state index in [4.69, 9.17) is 24.7 Å². The van der Waals surface area contributed by atoms with Crippen LogP contribution in [0, 0.1) is 0 Å². The maximum absolute atomic E-state index is 12.4. The fraction of sp³-hybridized carbons (Fsp3) is 0.353. The van der Waals surface area contributed by atoms with Crippen LogP contribution in [0.3, 0.4) is 0 Å². The summed E-state index contributed by atoms with van der Waals surface area (Å²) in [7, 11) is 2.99. The highest BCUT2D eigenvalue weighted by molar-refractivity contribution is 6.02. The van der Waals surface area contributed by atoms with Crippen molar-refractivity contribution < 1.29 is 28.5 Å². The Kier molecular flexibility index (Phi) is 6.05. The van der Waals surface area contributed by atoms with Gasteiger partial charge in [-0.1, -0.05) is 0 Å². The average molecular weight is 363 g/mol. The van der Waals surface area contributed by atoms with E-state index in [0.29, 0.717) is 17.2 Å². The molecule has 0 amide bonds. The summed E-state index contributed by atoms with van der Waals surface area (Å²) < 4.78 is 21.7. The number of nitrogen functional groups attached to an aromatic ring is 1. The fourth-order valence-corrected chi connectivity index (χ4v) is 2.32. The third-order valence-corrected chi connectivity index (χ3v) is 3.47. The van der Waals surface area contributed by atoms with Gasteiger partial charge in [-0.2, -0.15) is 5.10 Å². The van der Waals surface area contributed by atoms with Gasteiger partial charge in [0.25, 0.3) is 0 Å². The molecule has 1 heterocycles. The van der Waals surface area contributed by atoms with E-state index in [1.807, 2.05) is 0 Å². The van der Waals surface area contributed by atoms with Crippen molar-refractivity contribution in [1.29, 1.82) is 0 Å². The minimum Gasteiger partial charge on any atom is -0.493 e. The molecule has 26 heavy (non-hydrogen) atoms. The van der Waals surface area contributed by atoms with Crippen molar-refractivity contribution in [3.05, 3.63) is 29.6 Å². The van der Waals surface area contributed by atoms with Crippen LogP contribution < -0.4 is 15.2 Å². The van der Waals surface area contributed by atoms with Gasteiger partial charge in [-0.05, 0) is 26.0 Å². The van der Waals surface area contributed by atoms with E-state index in [9.17, 15) is 9.59 Å². The number of rotatable bonds is 7. The van der Waals surface area contributed by atoms with Crippen molar-refractivity contribution in [2.24, 2.45) is 0 Å². The lowest BCUT2D eigenvalue weighted by Crippen LogP contribution is -2.14. The molecule has 1 aromatic heterocycles. The molecule has 2 N–H and O–H groups in total. The molecule has 9 nitrogen and oxygen atoms in total. The number of aromatic nitrogens is 2. The standard InChI is InChI=1S/C17H21N3O6/c1-5-25-16(21)14-13(18)15(17(22)26-6-2)20(19-14)10-7-8-11(23-3)12(9-10)24-4/h7-9H,5-6,18H2,1-4H3. The number of hydrogen-bond acceptors (Lipinski definition) is 8. The summed E-state index contributed by atoms with van der Waals surface area (Å²) in [5.41, 5.74) is 6.08. The van der Waals surface area contributed by atoms with Crippen molar-refractivity contribution in [2.45, 2.75) is 13.8 Å². The summed E-state index contributed by atoms with van der Waals surface area (Å²) in [4.78, 5) is 24.5. The maximum atomic E-state index is 12.4. The van der Waals surface area contributed by atoms with Crippen molar-refractivity contribution in [2.75, 3.05) is 33.2 Å². The van der Waals surface area contributed by atoms with Gasteiger partial charge in [-0.15, -0.1) is 0 Å². The summed E-state index contributed by atoms with van der Waals surface area (Å²) in [6.07, 6.45) is 0. The normalized spacial score (nSPS) is 10.3. The van der Waals surface area contributed by atoms with Crippen molar-refractivity contribution in [1.82, 2.24) is 9.78 Å². The second kappa shape index (κ2) is 8.24. The van der Waals surface area contributed by atoms with E-state index in [1.54, 1.807) is 32.0 Å². The minimum absolute atomic E-state index is 0.0675. The van der Waals surface area contributed by atoms with Crippen LogP contribution in [0.15, 0.2) is 18.2 Å². The largest absolute Gasteiger partial charge is 0.493 e. The molecule has 0 aliphatic heterocycles. The zero-order valence-electron chi connectivity index (χ0n) is 15.1. The Morgan fingerprint density at radius 1 is 1.04 bits per heavy atom. The van der Waals surface area contributed by atoms with Gasteiger partial charge >= 0.3 is 11.9 Å². The molecular weight excluding hydrogens is 342 g/mol. The van der Waals surface area contributed by atoms with E-state index >= 15 is 0 Å². The van der Waals surface area contributed by atoms with E-state index in [-0.39, 0.29) is 30.3 Å². The van der Waals surface area contributed by atoms with E-state index in [0.717, 1.165) is 0 Å². The second-order valence-electron chi connectivity index (χ2n) is 5.00. The van der Waals surface area contributed by atoms with Gasteiger partial charge in [0.1, 0.15) is 5.69 Å². The third kappa shape index (κ3) is 3.56. The zero-order chi connectivity index (χ0) is 19.3. The van der Waals surface area contributed by atoms with E-state index in [2.05, 4.69) is 5.10 Å². The monoisotopic (exact) mass is 363 g/mol. The Balaban J connectivity index is 2.64. The van der Waals surface area contributed by atoms with E-state index < -0.39 is 11.9 Å². The lowest BCUT2D eigenvalue weighted by Gasteiger charge is -2.11. The molecule has 9 heteroatoms. The zero-order valence-corrected chi connectivity index (χ0v) is 15.1. The van der Waals surface area contributed by atoms with Crippen LogP contribution in [-0.4, -0.2) is 49.2 Å². The molecule has 0 fully saturated rings. The molecule has 0 aliphatic rings. The Bertz CT molecular complexity index is 815. The van der Waals surface area contributed by atoms with Gasteiger partial charge < -0.3 is 24.7 Å². The van der Waals surface area contributed by atoms with Gasteiger partial charge in [0.2, 0.25) is 0 Å². The minimum atomic E-state index is -0.727. The first kappa shape index (κ1) is 19.1. The molecule has 0 aliphatic carbocycles. The maximum Gasteiger partial charge on any atom is 0.361 e. The molecular formula is C17H21N3O6. The highest BCUT2D eigenvalue weighted by atomic mass is 16.5. The number of benzene rings is 1. The molecule has 140 valence electrons. The Labute approximate surface area is 150 Å². The second-order valence-corrected chi connectivity index (χ2v) is 5.00. The first-order chi connectivity index (χ1) is 12.5. The van der Waals surface area contributed by atoms with Gasteiger partial charge in [-0.3, -0.25) is 0 Å². The molecule has 2 aromatic rings. The Morgan fingerprint density at radius 3 is 2.23 bits per heavy atom. The Hall–Kier alpha value is -3.23. The summed E-state index contributed by atoms with van der Waals surface area (Å²) in [6.45, 7) is 3.61. The topological polar surface area (TPSA) is 115 Å². The van der Waals surface area contributed by atoms with Crippen LogP contribution >= 0.6 is 0 Å². The third-order valence-electron chi connectivity index (χ3n) is 3.47. The van der Waals surface area contributed by atoms with Crippen LogP contribution in [0.5, 0.6) is 11.5 Å². The number of hydrogen-bond donors (Lipinski definition) is 1. The number of ether oxygens (including phenoxy) is 4. The van der Waals surface area contributed by atoms with Crippen molar-refractivity contribution in [3.8, 4) is 17.2 Å². The average Bonchev–Trinajstić information content (AvgIpc) is 2.99. The highest BCUT2D eigenvalue weighted by Crippen LogP contribution is 2.31. The SMILES string of the molecule is CCOC(=O)c1nn(-c2ccc(OC)c(OC)c2)c(C(=O)OCC)c1N. The molecule has 0 bridgehead atoms. The van der Waals surface area contributed by atoms with Crippen LogP contribution in [0.2, 0.25) is 0 Å². The molecule has 0 atom stereocenters. The van der Waals surface area contributed by atoms with Crippen molar-refractivity contribution in [3.63, 3.8) is 0 Å². The predicted molar refractivity (Wildman–Crippen MR) is 93.0 cm³/mol.